The number of halogens is 1. The van der Waals surface area contributed by atoms with Gasteiger partial charge in [-0.2, -0.15) is 0 Å². The van der Waals surface area contributed by atoms with Crippen molar-refractivity contribution in [2.45, 2.75) is 19.8 Å². The molecule has 126 valence electrons. The van der Waals surface area contributed by atoms with Gasteiger partial charge in [0.2, 0.25) is 0 Å². The molecule has 0 saturated heterocycles. The van der Waals surface area contributed by atoms with Gasteiger partial charge in [0, 0.05) is 0 Å². The Morgan fingerprint density at radius 3 is 2.14 bits per heavy atom. The zero-order chi connectivity index (χ0) is 16.8. The van der Waals surface area contributed by atoms with Gasteiger partial charge in [-0.1, -0.05) is 0 Å². The third-order valence-corrected chi connectivity index (χ3v) is 9.32. The summed E-state index contributed by atoms with van der Waals surface area (Å²) in [5, 5.41) is 0. The van der Waals surface area contributed by atoms with Crippen LogP contribution in [0.4, 0.5) is 0 Å². The molecular weight excluding hydrogens is 443 g/mol. The van der Waals surface area contributed by atoms with Gasteiger partial charge in [0.1, 0.15) is 0 Å². The van der Waals surface area contributed by atoms with Crippen LogP contribution in [-0.2, 0) is 26.9 Å². The van der Waals surface area contributed by atoms with Gasteiger partial charge >= 0.3 is 140 Å². The summed E-state index contributed by atoms with van der Waals surface area (Å²) < 4.78 is 58.0. The standard InChI is InChI=1S/C13H19IO6S2/c1-4-8-13(19-21(2,15)16)11-14(20-22(3,17)18)12-9-6-5-7-10-12/h5-7,9-11H,4,8H2,1-3H3. The third kappa shape index (κ3) is 8.11. The fourth-order valence-electron chi connectivity index (χ4n) is 1.45. The molecule has 0 aliphatic heterocycles. The Labute approximate surface area is 139 Å². The predicted molar refractivity (Wildman–Crippen MR) is 94.0 cm³/mol. The Bertz CT molecular complexity index is 710. The number of hydrogen-bond donors (Lipinski definition) is 0. The van der Waals surface area contributed by atoms with Gasteiger partial charge in [-0.3, -0.25) is 0 Å². The van der Waals surface area contributed by atoms with Gasteiger partial charge in [-0.05, 0) is 0 Å². The molecule has 0 aliphatic carbocycles. The second kappa shape index (κ2) is 8.27. The van der Waals surface area contributed by atoms with Crippen LogP contribution >= 0.6 is 20.2 Å². The van der Waals surface area contributed by atoms with Crippen molar-refractivity contribution in [3.05, 3.63) is 43.7 Å². The number of rotatable bonds is 8. The SMILES string of the molecule is CCCC(=CI(OS(C)(=O)=O)c1ccccc1)OS(C)(=O)=O. The molecule has 0 heterocycles. The first-order chi connectivity index (χ1) is 10.1. The molecule has 0 spiro atoms. The third-order valence-electron chi connectivity index (χ3n) is 2.11. The van der Waals surface area contributed by atoms with E-state index in [0.29, 0.717) is 12.8 Å². The summed E-state index contributed by atoms with van der Waals surface area (Å²) in [6.45, 7) is 1.87. The molecule has 0 amide bonds. The molecule has 1 rings (SSSR count). The molecule has 22 heavy (non-hydrogen) atoms. The number of benzene rings is 1. The van der Waals surface area contributed by atoms with E-state index in [9.17, 15) is 16.8 Å². The van der Waals surface area contributed by atoms with E-state index in [4.69, 9.17) is 6.70 Å². The van der Waals surface area contributed by atoms with Crippen LogP contribution in [0.15, 0.2) is 40.2 Å². The van der Waals surface area contributed by atoms with E-state index in [1.165, 1.54) is 4.08 Å². The molecule has 0 bridgehead atoms. The summed E-state index contributed by atoms with van der Waals surface area (Å²) in [5.41, 5.74) is 0. The van der Waals surface area contributed by atoms with Crippen molar-refractivity contribution in [1.29, 1.82) is 0 Å². The zero-order valence-electron chi connectivity index (χ0n) is 12.5. The van der Waals surface area contributed by atoms with Crippen molar-refractivity contribution >= 4 is 40.5 Å². The normalized spacial score (nSPS) is 13.8. The summed E-state index contributed by atoms with van der Waals surface area (Å²) >= 11 is -2.74. The van der Waals surface area contributed by atoms with Crippen molar-refractivity contribution in [2.24, 2.45) is 0 Å². The molecule has 0 radical (unpaired) electrons. The summed E-state index contributed by atoms with van der Waals surface area (Å²) in [4.78, 5) is 0. The van der Waals surface area contributed by atoms with Crippen molar-refractivity contribution in [2.75, 3.05) is 12.5 Å². The number of allylic oxidation sites excluding steroid dienone is 1. The van der Waals surface area contributed by atoms with Gasteiger partial charge in [-0.25, -0.2) is 0 Å². The zero-order valence-corrected chi connectivity index (χ0v) is 16.3. The summed E-state index contributed by atoms with van der Waals surface area (Å²) in [5.74, 6) is 0.225. The van der Waals surface area contributed by atoms with E-state index in [2.05, 4.69) is 0 Å². The van der Waals surface area contributed by atoms with E-state index in [0.717, 1.165) is 16.1 Å². The van der Waals surface area contributed by atoms with Gasteiger partial charge in [-0.15, -0.1) is 0 Å². The molecule has 1 aromatic carbocycles. The first kappa shape index (κ1) is 19.4. The number of hydrogen-bond acceptors (Lipinski definition) is 6. The van der Waals surface area contributed by atoms with Crippen LogP contribution in [0.3, 0.4) is 0 Å². The van der Waals surface area contributed by atoms with E-state index in [-0.39, 0.29) is 5.76 Å². The fraction of sp³-hybridized carbons (Fsp3) is 0.385. The topological polar surface area (TPSA) is 86.7 Å². The monoisotopic (exact) mass is 462 g/mol. The van der Waals surface area contributed by atoms with E-state index < -0.39 is 40.5 Å². The molecule has 1 aromatic rings. The quantitative estimate of drug-likeness (QED) is 0.336. The van der Waals surface area contributed by atoms with Crippen LogP contribution in [0, 0.1) is 3.57 Å². The summed E-state index contributed by atoms with van der Waals surface area (Å²) in [6, 6.07) is 8.88. The molecule has 0 atom stereocenters. The van der Waals surface area contributed by atoms with Crippen molar-refractivity contribution in [1.82, 2.24) is 0 Å². The van der Waals surface area contributed by atoms with E-state index >= 15 is 0 Å². The maximum absolute atomic E-state index is 11.5. The Hall–Kier alpha value is -0.650. The average molecular weight is 462 g/mol. The molecule has 0 aromatic heterocycles. The first-order valence-electron chi connectivity index (χ1n) is 6.34. The molecule has 0 unspecified atom stereocenters. The second-order valence-electron chi connectivity index (χ2n) is 4.45. The molecule has 0 saturated carbocycles. The van der Waals surface area contributed by atoms with Crippen molar-refractivity contribution in [3.63, 3.8) is 0 Å². The van der Waals surface area contributed by atoms with Crippen molar-refractivity contribution in [3.8, 4) is 0 Å². The molecule has 0 fully saturated rings. The molecule has 0 N–H and O–H groups in total. The van der Waals surface area contributed by atoms with Gasteiger partial charge < -0.3 is 0 Å². The van der Waals surface area contributed by atoms with E-state index in [1.54, 1.807) is 24.3 Å². The van der Waals surface area contributed by atoms with Crippen LogP contribution in [-0.4, -0.2) is 29.3 Å². The van der Waals surface area contributed by atoms with Crippen molar-refractivity contribution < 1.29 is 23.5 Å². The Morgan fingerprint density at radius 1 is 1.09 bits per heavy atom. The Morgan fingerprint density at radius 2 is 1.68 bits per heavy atom. The van der Waals surface area contributed by atoms with Crippen LogP contribution < -0.4 is 0 Å². The molecule has 9 heteroatoms. The van der Waals surface area contributed by atoms with Crippen LogP contribution in [0.1, 0.15) is 19.8 Å². The first-order valence-corrected chi connectivity index (χ1v) is 13.2. The van der Waals surface area contributed by atoms with Crippen LogP contribution in [0.2, 0.25) is 0 Å². The predicted octanol–water partition coefficient (Wildman–Crippen LogP) is 2.87. The molecule has 6 nitrogen and oxygen atoms in total. The average Bonchev–Trinajstić information content (AvgIpc) is 2.36. The van der Waals surface area contributed by atoms with Crippen LogP contribution in [0.25, 0.3) is 0 Å². The molecular formula is C13H19IO6S2. The fourth-order valence-corrected chi connectivity index (χ4v) is 8.09. The van der Waals surface area contributed by atoms with Gasteiger partial charge in [0.25, 0.3) is 0 Å². The minimum atomic E-state index is -3.67. The summed E-state index contributed by atoms with van der Waals surface area (Å²) in [7, 11) is -7.32. The Kier molecular flexibility index (Phi) is 7.29. The second-order valence-corrected chi connectivity index (χ2v) is 12.1. The van der Waals surface area contributed by atoms with E-state index in [1.807, 2.05) is 13.0 Å². The minimum absolute atomic E-state index is 0.225. The Balaban J connectivity index is 3.20. The van der Waals surface area contributed by atoms with Gasteiger partial charge in [0.05, 0.1) is 0 Å². The maximum atomic E-state index is 11.5. The summed E-state index contributed by atoms with van der Waals surface area (Å²) in [6.07, 6.45) is 2.99. The van der Waals surface area contributed by atoms with Gasteiger partial charge in [0.15, 0.2) is 0 Å². The molecule has 0 aliphatic rings. The van der Waals surface area contributed by atoms with Crippen LogP contribution in [0.5, 0.6) is 0 Å².